The average molecular weight is 331 g/mol. The van der Waals surface area contributed by atoms with Crippen molar-refractivity contribution in [2.45, 2.75) is 25.2 Å². The third-order valence-corrected chi connectivity index (χ3v) is 5.14. The maximum Gasteiger partial charge on any atom is 0.0810 e. The summed E-state index contributed by atoms with van der Waals surface area (Å²) in [4.78, 5) is 4.44. The lowest BCUT2D eigenvalue weighted by molar-refractivity contribution is 0.767. The number of aromatic nitrogens is 3. The highest BCUT2D eigenvalue weighted by atomic mass is 15.3. The summed E-state index contributed by atoms with van der Waals surface area (Å²) in [5, 5.41) is 12.9. The van der Waals surface area contributed by atoms with Gasteiger partial charge >= 0.3 is 0 Å². The number of nitrogens with zero attached hydrogens (tertiary/aromatic N) is 3. The van der Waals surface area contributed by atoms with Crippen LogP contribution in [0.15, 0.2) is 42.9 Å². The molecule has 5 rings (SSSR count). The number of fused-ring (bicyclic) bond motifs is 2. The van der Waals surface area contributed by atoms with Gasteiger partial charge in [0.2, 0.25) is 0 Å². The predicted octanol–water partition coefficient (Wildman–Crippen LogP) is 4.25. The van der Waals surface area contributed by atoms with Crippen LogP contribution in [-0.4, -0.2) is 21.3 Å². The maximum atomic E-state index is 4.76. The van der Waals surface area contributed by atoms with E-state index in [2.05, 4.69) is 40.4 Å². The Morgan fingerprint density at radius 1 is 1.24 bits per heavy atom. The summed E-state index contributed by atoms with van der Waals surface area (Å²) in [5.41, 5.74) is 7.84. The van der Waals surface area contributed by atoms with E-state index in [-0.39, 0.29) is 0 Å². The summed E-state index contributed by atoms with van der Waals surface area (Å²) in [5.74, 6) is 0.632. The van der Waals surface area contributed by atoms with Gasteiger partial charge in [-0.25, -0.2) is 0 Å². The van der Waals surface area contributed by atoms with Crippen molar-refractivity contribution in [3.05, 3.63) is 48.6 Å². The molecule has 25 heavy (non-hydrogen) atoms. The number of benzene rings is 1. The third kappa shape index (κ3) is 2.38. The maximum absolute atomic E-state index is 4.76. The van der Waals surface area contributed by atoms with Crippen LogP contribution in [0, 0.1) is 0 Å². The first-order valence-electron chi connectivity index (χ1n) is 8.84. The summed E-state index contributed by atoms with van der Waals surface area (Å²) in [6.45, 7) is 4.94. The minimum Gasteiger partial charge on any atom is -0.382 e. The van der Waals surface area contributed by atoms with Crippen LogP contribution in [0.1, 0.15) is 30.9 Å². The van der Waals surface area contributed by atoms with Gasteiger partial charge in [0.25, 0.3) is 0 Å². The minimum atomic E-state index is 0.632. The molecule has 5 heteroatoms. The fourth-order valence-electron chi connectivity index (χ4n) is 3.67. The van der Waals surface area contributed by atoms with Gasteiger partial charge in [-0.2, -0.15) is 5.10 Å². The largest absolute Gasteiger partial charge is 0.382 e. The van der Waals surface area contributed by atoms with Crippen LogP contribution < -0.4 is 10.6 Å². The van der Waals surface area contributed by atoms with E-state index < -0.39 is 0 Å². The van der Waals surface area contributed by atoms with Crippen molar-refractivity contribution in [3.8, 4) is 11.1 Å². The fourth-order valence-corrected chi connectivity index (χ4v) is 3.67. The Hall–Kier alpha value is -2.82. The molecule has 2 N–H and O–H groups in total. The number of rotatable bonds is 2. The van der Waals surface area contributed by atoms with Crippen molar-refractivity contribution < 1.29 is 0 Å². The van der Waals surface area contributed by atoms with Crippen LogP contribution in [0.5, 0.6) is 0 Å². The first-order chi connectivity index (χ1) is 12.2. The smallest absolute Gasteiger partial charge is 0.0810 e. The van der Waals surface area contributed by atoms with E-state index in [9.17, 15) is 0 Å². The molecule has 1 aromatic carbocycles. The Labute approximate surface area is 146 Å². The molecule has 0 unspecified atom stereocenters. The quantitative estimate of drug-likeness (QED) is 0.737. The monoisotopic (exact) mass is 331 g/mol. The second kappa shape index (κ2) is 5.34. The Balaban J connectivity index is 1.68. The molecule has 1 saturated carbocycles. The lowest BCUT2D eigenvalue weighted by Gasteiger charge is -2.14. The standard InChI is InChI=1S/C20H21N5/c1-12-7-8-22-20-16(10-21-11-17(20)23-12)14-5-6-18-15(9-14)19(13-3-4-13)24-25(18)2/h5-6,9-11,13,22-23H,1,3-4,7-8H2,2H3. The van der Waals surface area contributed by atoms with Crippen molar-refractivity contribution >= 4 is 22.3 Å². The fraction of sp³-hybridized carbons (Fsp3) is 0.300. The lowest BCUT2D eigenvalue weighted by atomic mass is 10.0. The Morgan fingerprint density at radius 3 is 2.96 bits per heavy atom. The van der Waals surface area contributed by atoms with E-state index in [1.165, 1.54) is 35.0 Å². The van der Waals surface area contributed by atoms with Gasteiger partial charge in [0, 0.05) is 48.8 Å². The molecule has 1 fully saturated rings. The molecule has 0 amide bonds. The second-order valence-electron chi connectivity index (χ2n) is 7.03. The van der Waals surface area contributed by atoms with Crippen molar-refractivity contribution in [2.24, 2.45) is 7.05 Å². The molecule has 1 aliphatic heterocycles. The molecule has 0 atom stereocenters. The first kappa shape index (κ1) is 14.5. The van der Waals surface area contributed by atoms with Gasteiger partial charge in [0.05, 0.1) is 28.8 Å². The van der Waals surface area contributed by atoms with E-state index >= 15 is 0 Å². The number of nitrogens with one attached hydrogen (secondary N) is 2. The van der Waals surface area contributed by atoms with Gasteiger partial charge < -0.3 is 10.6 Å². The van der Waals surface area contributed by atoms with Crippen molar-refractivity contribution in [1.82, 2.24) is 14.8 Å². The summed E-state index contributed by atoms with van der Waals surface area (Å²) in [6.07, 6.45) is 7.22. The zero-order chi connectivity index (χ0) is 17.0. The Kier molecular flexibility index (Phi) is 3.10. The summed E-state index contributed by atoms with van der Waals surface area (Å²) >= 11 is 0. The highest BCUT2D eigenvalue weighted by molar-refractivity contribution is 5.93. The van der Waals surface area contributed by atoms with Gasteiger partial charge in [0.15, 0.2) is 0 Å². The summed E-state index contributed by atoms with van der Waals surface area (Å²) in [7, 11) is 2.03. The van der Waals surface area contributed by atoms with Crippen LogP contribution in [0.3, 0.4) is 0 Å². The van der Waals surface area contributed by atoms with Crippen molar-refractivity contribution in [3.63, 3.8) is 0 Å². The molecule has 0 spiro atoms. The molecule has 0 radical (unpaired) electrons. The summed E-state index contributed by atoms with van der Waals surface area (Å²) < 4.78 is 2.00. The molecule has 5 nitrogen and oxygen atoms in total. The van der Waals surface area contributed by atoms with Crippen LogP contribution in [0.25, 0.3) is 22.0 Å². The molecular formula is C20H21N5. The SMILES string of the molecule is C=C1CCNc2c(cncc2-c2ccc3c(c2)c(C2CC2)nn3C)N1. The lowest BCUT2D eigenvalue weighted by Crippen LogP contribution is -2.01. The Bertz CT molecular complexity index is 997. The first-order valence-corrected chi connectivity index (χ1v) is 8.84. The molecular weight excluding hydrogens is 310 g/mol. The molecule has 2 aromatic heterocycles. The normalized spacial score (nSPS) is 16.9. The van der Waals surface area contributed by atoms with E-state index in [4.69, 9.17) is 5.10 Å². The molecule has 0 saturated heterocycles. The van der Waals surface area contributed by atoms with Gasteiger partial charge in [0.1, 0.15) is 0 Å². The zero-order valence-corrected chi connectivity index (χ0v) is 14.3. The van der Waals surface area contributed by atoms with Gasteiger partial charge in [-0.15, -0.1) is 0 Å². The van der Waals surface area contributed by atoms with E-state index in [1.807, 2.05) is 24.1 Å². The number of aryl methyl sites for hydroxylation is 1. The van der Waals surface area contributed by atoms with Gasteiger partial charge in [-0.3, -0.25) is 9.67 Å². The molecule has 1 aliphatic carbocycles. The average Bonchev–Trinajstić information content (AvgIpc) is 3.42. The molecule has 0 bridgehead atoms. The van der Waals surface area contributed by atoms with Crippen molar-refractivity contribution in [1.29, 1.82) is 0 Å². The van der Waals surface area contributed by atoms with Crippen LogP contribution in [0.4, 0.5) is 11.4 Å². The number of anilines is 2. The molecule has 126 valence electrons. The Morgan fingerprint density at radius 2 is 2.12 bits per heavy atom. The van der Waals surface area contributed by atoms with Gasteiger partial charge in [-0.1, -0.05) is 12.6 Å². The van der Waals surface area contributed by atoms with Crippen LogP contribution >= 0.6 is 0 Å². The van der Waals surface area contributed by atoms with E-state index in [0.29, 0.717) is 5.92 Å². The molecule has 2 aliphatic rings. The topological polar surface area (TPSA) is 54.8 Å². The summed E-state index contributed by atoms with van der Waals surface area (Å²) in [6, 6.07) is 6.61. The number of hydrogen-bond donors (Lipinski definition) is 2. The predicted molar refractivity (Wildman–Crippen MR) is 102 cm³/mol. The van der Waals surface area contributed by atoms with Crippen molar-refractivity contribution in [2.75, 3.05) is 17.2 Å². The number of pyridine rings is 1. The minimum absolute atomic E-state index is 0.632. The van der Waals surface area contributed by atoms with Crippen LogP contribution in [-0.2, 0) is 7.05 Å². The van der Waals surface area contributed by atoms with Gasteiger partial charge in [-0.05, 0) is 30.5 Å². The van der Waals surface area contributed by atoms with E-state index in [0.717, 1.165) is 35.6 Å². The highest BCUT2D eigenvalue weighted by Gasteiger charge is 2.29. The molecule has 3 aromatic rings. The zero-order valence-electron chi connectivity index (χ0n) is 14.3. The third-order valence-electron chi connectivity index (χ3n) is 5.14. The number of hydrogen-bond acceptors (Lipinski definition) is 4. The van der Waals surface area contributed by atoms with E-state index in [1.54, 1.807) is 0 Å². The van der Waals surface area contributed by atoms with Crippen LogP contribution in [0.2, 0.25) is 0 Å². The molecule has 3 heterocycles. The highest BCUT2D eigenvalue weighted by Crippen LogP contribution is 2.44. The second-order valence-corrected chi connectivity index (χ2v) is 7.03.